The highest BCUT2D eigenvalue weighted by molar-refractivity contribution is 8.01. The summed E-state index contributed by atoms with van der Waals surface area (Å²) < 4.78 is 0. The van der Waals surface area contributed by atoms with Crippen molar-refractivity contribution in [1.29, 1.82) is 0 Å². The molecule has 80 valence electrons. The fourth-order valence-corrected chi connectivity index (χ4v) is 5.62. The summed E-state index contributed by atoms with van der Waals surface area (Å²) in [5, 5.41) is 4.59. The van der Waals surface area contributed by atoms with Crippen LogP contribution in [-0.4, -0.2) is 16.7 Å². The smallest absolute Gasteiger partial charge is 0.0651 e. The summed E-state index contributed by atoms with van der Waals surface area (Å²) >= 11 is 2.19. The highest BCUT2D eigenvalue weighted by Crippen LogP contribution is 2.56. The Labute approximate surface area is 91.4 Å². The molecule has 0 spiro atoms. The molecule has 1 N–H and O–H groups in total. The standard InChI is InChI=1S/C12H21NS/c1-8-7-13-12(2,14-8)11-6-9-3-4-10(11)5-9/h8-11,13H,3-7H2,1-2H3. The number of fused-ring (bicyclic) bond motifs is 2. The van der Waals surface area contributed by atoms with Gasteiger partial charge in [0.15, 0.2) is 0 Å². The molecule has 1 nitrogen and oxygen atoms in total. The molecule has 2 saturated carbocycles. The summed E-state index contributed by atoms with van der Waals surface area (Å²) in [5.74, 6) is 3.10. The normalized spacial score (nSPS) is 57.0. The first-order chi connectivity index (χ1) is 6.67. The Kier molecular flexibility index (Phi) is 2.14. The molecule has 1 heterocycles. The third kappa shape index (κ3) is 1.34. The van der Waals surface area contributed by atoms with E-state index in [9.17, 15) is 0 Å². The van der Waals surface area contributed by atoms with Gasteiger partial charge in [-0.2, -0.15) is 0 Å². The molecular formula is C12H21NS. The zero-order chi connectivity index (χ0) is 9.76. The van der Waals surface area contributed by atoms with Crippen LogP contribution in [0.5, 0.6) is 0 Å². The minimum Gasteiger partial charge on any atom is -0.302 e. The van der Waals surface area contributed by atoms with Gasteiger partial charge in [0.1, 0.15) is 0 Å². The van der Waals surface area contributed by atoms with Gasteiger partial charge in [0.05, 0.1) is 4.87 Å². The second kappa shape index (κ2) is 3.15. The number of nitrogens with one attached hydrogen (secondary N) is 1. The second-order valence-electron chi connectivity index (χ2n) is 5.70. The first-order valence-electron chi connectivity index (χ1n) is 6.10. The van der Waals surface area contributed by atoms with Crippen molar-refractivity contribution in [3.63, 3.8) is 0 Å². The van der Waals surface area contributed by atoms with Crippen LogP contribution < -0.4 is 5.32 Å². The first-order valence-corrected chi connectivity index (χ1v) is 6.98. The van der Waals surface area contributed by atoms with Crippen molar-refractivity contribution in [2.75, 3.05) is 6.54 Å². The number of hydrogen-bond acceptors (Lipinski definition) is 2. The van der Waals surface area contributed by atoms with Crippen LogP contribution in [0.4, 0.5) is 0 Å². The van der Waals surface area contributed by atoms with Gasteiger partial charge in [0.25, 0.3) is 0 Å². The average Bonchev–Trinajstić information content (AvgIpc) is 2.80. The first kappa shape index (κ1) is 9.53. The van der Waals surface area contributed by atoms with Crippen LogP contribution in [0.25, 0.3) is 0 Å². The lowest BCUT2D eigenvalue weighted by atomic mass is 9.83. The molecule has 0 radical (unpaired) electrons. The van der Waals surface area contributed by atoms with E-state index in [-0.39, 0.29) is 0 Å². The molecule has 3 aliphatic rings. The van der Waals surface area contributed by atoms with Crippen LogP contribution in [0.3, 0.4) is 0 Å². The van der Waals surface area contributed by atoms with E-state index >= 15 is 0 Å². The van der Waals surface area contributed by atoms with E-state index < -0.39 is 0 Å². The predicted octanol–water partition coefficient (Wildman–Crippen LogP) is 2.86. The number of rotatable bonds is 1. The maximum Gasteiger partial charge on any atom is 0.0651 e. The van der Waals surface area contributed by atoms with Crippen LogP contribution >= 0.6 is 11.8 Å². The van der Waals surface area contributed by atoms with Gasteiger partial charge < -0.3 is 5.32 Å². The van der Waals surface area contributed by atoms with E-state index in [1.54, 1.807) is 0 Å². The molecule has 2 bridgehead atoms. The van der Waals surface area contributed by atoms with Gasteiger partial charge in [-0.3, -0.25) is 0 Å². The van der Waals surface area contributed by atoms with Gasteiger partial charge >= 0.3 is 0 Å². The van der Waals surface area contributed by atoms with Crippen LogP contribution in [0.1, 0.15) is 39.5 Å². The van der Waals surface area contributed by atoms with E-state index in [0.717, 1.165) is 23.0 Å². The lowest BCUT2D eigenvalue weighted by molar-refractivity contribution is 0.245. The average molecular weight is 211 g/mol. The topological polar surface area (TPSA) is 12.0 Å². The largest absolute Gasteiger partial charge is 0.302 e. The molecule has 5 atom stereocenters. The Morgan fingerprint density at radius 1 is 1.29 bits per heavy atom. The lowest BCUT2D eigenvalue weighted by Crippen LogP contribution is -2.43. The number of thioether (sulfide) groups is 1. The van der Waals surface area contributed by atoms with Crippen LogP contribution in [-0.2, 0) is 0 Å². The minimum absolute atomic E-state index is 0.416. The third-order valence-electron chi connectivity index (χ3n) is 4.63. The fourth-order valence-electron chi connectivity index (χ4n) is 3.99. The SMILES string of the molecule is CC1CNC(C)(C2CC3CCC2C3)S1. The molecule has 1 saturated heterocycles. The highest BCUT2D eigenvalue weighted by atomic mass is 32.2. The molecule has 14 heavy (non-hydrogen) atoms. The van der Waals surface area contributed by atoms with Crippen LogP contribution in [0, 0.1) is 17.8 Å². The van der Waals surface area contributed by atoms with Crippen LogP contribution in [0.2, 0.25) is 0 Å². The molecule has 0 aromatic heterocycles. The summed E-state index contributed by atoms with van der Waals surface area (Å²) in [5.41, 5.74) is 0. The zero-order valence-electron chi connectivity index (χ0n) is 9.25. The molecule has 0 aromatic carbocycles. The molecule has 1 aliphatic heterocycles. The van der Waals surface area contributed by atoms with Gasteiger partial charge in [-0.25, -0.2) is 0 Å². The van der Waals surface area contributed by atoms with Gasteiger partial charge in [0.2, 0.25) is 0 Å². The van der Waals surface area contributed by atoms with Crippen molar-refractivity contribution < 1.29 is 0 Å². The number of hydrogen-bond donors (Lipinski definition) is 1. The Bertz CT molecular complexity index is 242. The van der Waals surface area contributed by atoms with Crippen molar-refractivity contribution in [1.82, 2.24) is 5.32 Å². The molecular weight excluding hydrogens is 190 g/mol. The van der Waals surface area contributed by atoms with E-state index in [1.807, 2.05) is 0 Å². The van der Waals surface area contributed by atoms with Gasteiger partial charge in [-0.1, -0.05) is 13.3 Å². The Balaban J connectivity index is 1.76. The molecule has 0 aromatic rings. The van der Waals surface area contributed by atoms with Gasteiger partial charge in [-0.15, -0.1) is 11.8 Å². The maximum absolute atomic E-state index is 3.77. The molecule has 3 rings (SSSR count). The zero-order valence-corrected chi connectivity index (χ0v) is 10.1. The van der Waals surface area contributed by atoms with E-state index in [4.69, 9.17) is 0 Å². The van der Waals surface area contributed by atoms with Crippen molar-refractivity contribution >= 4 is 11.8 Å². The van der Waals surface area contributed by atoms with Crippen molar-refractivity contribution in [3.8, 4) is 0 Å². The molecule has 5 unspecified atom stereocenters. The van der Waals surface area contributed by atoms with E-state index in [0.29, 0.717) is 4.87 Å². The molecule has 2 heteroatoms. The van der Waals surface area contributed by atoms with Crippen LogP contribution in [0.15, 0.2) is 0 Å². The minimum atomic E-state index is 0.416. The lowest BCUT2D eigenvalue weighted by Gasteiger charge is -2.36. The fraction of sp³-hybridized carbons (Fsp3) is 1.00. The summed E-state index contributed by atoms with van der Waals surface area (Å²) in [6, 6.07) is 0. The summed E-state index contributed by atoms with van der Waals surface area (Å²) in [6.07, 6.45) is 6.09. The summed E-state index contributed by atoms with van der Waals surface area (Å²) in [6.45, 7) is 6.03. The Hall–Kier alpha value is 0.310. The van der Waals surface area contributed by atoms with E-state index in [2.05, 4.69) is 30.9 Å². The molecule has 3 fully saturated rings. The Morgan fingerprint density at radius 2 is 2.14 bits per heavy atom. The van der Waals surface area contributed by atoms with Crippen molar-refractivity contribution in [3.05, 3.63) is 0 Å². The summed E-state index contributed by atoms with van der Waals surface area (Å²) in [4.78, 5) is 0.416. The quantitative estimate of drug-likeness (QED) is 0.716. The maximum atomic E-state index is 3.77. The molecule has 0 amide bonds. The Morgan fingerprint density at radius 3 is 2.64 bits per heavy atom. The monoisotopic (exact) mass is 211 g/mol. The van der Waals surface area contributed by atoms with Crippen molar-refractivity contribution in [2.45, 2.75) is 49.7 Å². The summed E-state index contributed by atoms with van der Waals surface area (Å²) in [7, 11) is 0. The predicted molar refractivity (Wildman–Crippen MR) is 62.4 cm³/mol. The van der Waals surface area contributed by atoms with Crippen molar-refractivity contribution in [2.24, 2.45) is 17.8 Å². The molecule has 2 aliphatic carbocycles. The van der Waals surface area contributed by atoms with Gasteiger partial charge in [-0.05, 0) is 43.9 Å². The van der Waals surface area contributed by atoms with E-state index in [1.165, 1.54) is 32.2 Å². The van der Waals surface area contributed by atoms with Gasteiger partial charge in [0, 0.05) is 11.8 Å². The highest BCUT2D eigenvalue weighted by Gasteiger charge is 2.50. The third-order valence-corrected chi connectivity index (χ3v) is 6.14. The second-order valence-corrected chi connectivity index (χ2v) is 7.59.